The topological polar surface area (TPSA) is 75.1 Å². The molecular weight excluding hydrogens is 424 g/mol. The van der Waals surface area contributed by atoms with Crippen molar-refractivity contribution < 1.29 is 4.79 Å². The Morgan fingerprint density at radius 1 is 1.22 bits per heavy atom. The average molecular weight is 453 g/mol. The van der Waals surface area contributed by atoms with Crippen LogP contribution in [0, 0.1) is 6.92 Å². The molecule has 7 nitrogen and oxygen atoms in total. The van der Waals surface area contributed by atoms with Crippen LogP contribution in [0.3, 0.4) is 0 Å². The molecule has 1 saturated heterocycles. The summed E-state index contributed by atoms with van der Waals surface area (Å²) < 4.78 is 1.97. The predicted octanol–water partition coefficient (Wildman–Crippen LogP) is 4.59. The Bertz CT molecular complexity index is 1090. The molecule has 0 aliphatic carbocycles. The highest BCUT2D eigenvalue weighted by atomic mass is 35.5. The molecule has 0 radical (unpaired) electrons. The third kappa shape index (κ3) is 4.79. The average Bonchev–Trinajstić information content (AvgIpc) is 3.40. The molecule has 2 N–H and O–H groups in total. The molecule has 168 valence electrons. The van der Waals surface area contributed by atoms with Gasteiger partial charge in [0, 0.05) is 49.0 Å². The zero-order chi connectivity index (χ0) is 22.7. The maximum atomic E-state index is 12.7. The summed E-state index contributed by atoms with van der Waals surface area (Å²) in [6.07, 6.45) is 5.86. The molecule has 1 amide bonds. The number of carbonyl (C=O) groups excluding carboxylic acids is 1. The standard InChI is InChI=1S/C24H29ClN6O/c1-4-31-11-5-6-19(31)15-27-22-10-7-17(14-26-22)24(32)29-18-8-9-21(25)20(12-18)23-28-13-16(2)30(23)3/h7-10,12-14,19H,4-6,11,15H2,1-3H3,(H,26,27)(H,29,32)/t19-/m0/s1. The van der Waals surface area contributed by atoms with Gasteiger partial charge >= 0.3 is 0 Å². The van der Waals surface area contributed by atoms with Crippen LogP contribution in [0.2, 0.25) is 5.02 Å². The van der Waals surface area contributed by atoms with Crippen molar-refractivity contribution in [1.29, 1.82) is 0 Å². The maximum Gasteiger partial charge on any atom is 0.257 e. The van der Waals surface area contributed by atoms with E-state index in [2.05, 4.69) is 32.4 Å². The van der Waals surface area contributed by atoms with E-state index in [1.54, 1.807) is 30.6 Å². The fourth-order valence-corrected chi connectivity index (χ4v) is 4.32. The number of aryl methyl sites for hydroxylation is 1. The van der Waals surface area contributed by atoms with Gasteiger partial charge in [0.25, 0.3) is 5.91 Å². The molecule has 1 aliphatic heterocycles. The van der Waals surface area contributed by atoms with Crippen molar-refractivity contribution in [2.24, 2.45) is 7.05 Å². The number of nitrogens with one attached hydrogen (secondary N) is 2. The highest BCUT2D eigenvalue weighted by Crippen LogP contribution is 2.30. The molecule has 8 heteroatoms. The van der Waals surface area contributed by atoms with E-state index in [1.165, 1.54) is 19.4 Å². The van der Waals surface area contributed by atoms with E-state index in [1.807, 2.05) is 30.7 Å². The number of likely N-dealkylation sites (N-methyl/N-ethyl adjacent to an activating group) is 1. The van der Waals surface area contributed by atoms with E-state index in [9.17, 15) is 4.79 Å². The lowest BCUT2D eigenvalue weighted by atomic mass is 10.1. The summed E-state index contributed by atoms with van der Waals surface area (Å²) in [5.41, 5.74) is 2.94. The van der Waals surface area contributed by atoms with Crippen molar-refractivity contribution in [2.75, 3.05) is 30.3 Å². The first-order valence-electron chi connectivity index (χ1n) is 11.0. The first-order chi connectivity index (χ1) is 15.5. The van der Waals surface area contributed by atoms with Gasteiger partial charge in [-0.2, -0.15) is 0 Å². The summed E-state index contributed by atoms with van der Waals surface area (Å²) in [7, 11) is 1.94. The Morgan fingerprint density at radius 3 is 2.75 bits per heavy atom. The molecule has 0 saturated carbocycles. The predicted molar refractivity (Wildman–Crippen MR) is 129 cm³/mol. The normalized spacial score (nSPS) is 16.3. The van der Waals surface area contributed by atoms with Crippen LogP contribution in [-0.4, -0.2) is 51.0 Å². The molecule has 0 spiro atoms. The van der Waals surface area contributed by atoms with Crippen LogP contribution >= 0.6 is 11.6 Å². The third-order valence-electron chi connectivity index (χ3n) is 6.14. The Kier molecular flexibility index (Phi) is 6.77. The lowest BCUT2D eigenvalue weighted by molar-refractivity contribution is 0.102. The molecule has 1 atom stereocenters. The van der Waals surface area contributed by atoms with Gasteiger partial charge in [-0.3, -0.25) is 9.69 Å². The summed E-state index contributed by atoms with van der Waals surface area (Å²) in [6, 6.07) is 9.58. The number of hydrogen-bond acceptors (Lipinski definition) is 5. The molecule has 32 heavy (non-hydrogen) atoms. The molecule has 3 heterocycles. The molecule has 3 aromatic rings. The summed E-state index contributed by atoms with van der Waals surface area (Å²) in [5.74, 6) is 1.31. The number of imidazole rings is 1. The molecule has 0 unspecified atom stereocenters. The van der Waals surface area contributed by atoms with Gasteiger partial charge in [0.1, 0.15) is 11.6 Å². The van der Waals surface area contributed by atoms with Crippen molar-refractivity contribution in [3.63, 3.8) is 0 Å². The lowest BCUT2D eigenvalue weighted by Crippen LogP contribution is -2.34. The smallest absolute Gasteiger partial charge is 0.257 e. The van der Waals surface area contributed by atoms with Crippen LogP contribution in [-0.2, 0) is 7.05 Å². The number of rotatable bonds is 7. The zero-order valence-electron chi connectivity index (χ0n) is 18.7. The van der Waals surface area contributed by atoms with E-state index >= 15 is 0 Å². The van der Waals surface area contributed by atoms with Gasteiger partial charge in [0.2, 0.25) is 0 Å². The first-order valence-corrected chi connectivity index (χ1v) is 11.4. The minimum absolute atomic E-state index is 0.221. The van der Waals surface area contributed by atoms with Gasteiger partial charge in [-0.05, 0) is 63.2 Å². The van der Waals surface area contributed by atoms with Crippen molar-refractivity contribution in [2.45, 2.75) is 32.7 Å². The number of pyridine rings is 1. The number of hydrogen-bond donors (Lipinski definition) is 2. The second-order valence-corrected chi connectivity index (χ2v) is 8.58. The Hall–Kier alpha value is -2.90. The zero-order valence-corrected chi connectivity index (χ0v) is 19.5. The van der Waals surface area contributed by atoms with Gasteiger partial charge in [0.05, 0.1) is 10.6 Å². The van der Waals surface area contributed by atoms with E-state index in [-0.39, 0.29) is 5.91 Å². The van der Waals surface area contributed by atoms with Crippen molar-refractivity contribution in [3.05, 3.63) is 59.0 Å². The minimum atomic E-state index is -0.221. The van der Waals surface area contributed by atoms with Crippen molar-refractivity contribution >= 4 is 29.0 Å². The third-order valence-corrected chi connectivity index (χ3v) is 6.46. The van der Waals surface area contributed by atoms with Crippen LogP contribution < -0.4 is 10.6 Å². The van der Waals surface area contributed by atoms with Crippen molar-refractivity contribution in [3.8, 4) is 11.4 Å². The van der Waals surface area contributed by atoms with Crippen LogP contribution in [0.15, 0.2) is 42.7 Å². The molecule has 1 aromatic carbocycles. The van der Waals surface area contributed by atoms with Crippen LogP contribution in [0.25, 0.3) is 11.4 Å². The van der Waals surface area contributed by atoms with Crippen LogP contribution in [0.4, 0.5) is 11.5 Å². The van der Waals surface area contributed by atoms with E-state index in [0.717, 1.165) is 36.0 Å². The Morgan fingerprint density at radius 2 is 2.06 bits per heavy atom. The van der Waals surface area contributed by atoms with E-state index in [4.69, 9.17) is 11.6 Å². The number of benzene rings is 1. The fraction of sp³-hybridized carbons (Fsp3) is 0.375. The number of halogens is 1. The minimum Gasteiger partial charge on any atom is -0.369 e. The SMILES string of the molecule is CCN1CCC[C@H]1CNc1ccc(C(=O)Nc2ccc(Cl)c(-c3ncc(C)n3C)c2)cn1. The van der Waals surface area contributed by atoms with Gasteiger partial charge in [0.15, 0.2) is 0 Å². The van der Waals surface area contributed by atoms with E-state index < -0.39 is 0 Å². The van der Waals surface area contributed by atoms with E-state index in [0.29, 0.717) is 22.3 Å². The molecule has 0 bridgehead atoms. The number of anilines is 2. The Labute approximate surface area is 193 Å². The second-order valence-electron chi connectivity index (χ2n) is 8.17. The summed E-state index contributed by atoms with van der Waals surface area (Å²) in [6.45, 7) is 7.29. The summed E-state index contributed by atoms with van der Waals surface area (Å²) in [4.78, 5) is 24.1. The summed E-state index contributed by atoms with van der Waals surface area (Å²) in [5, 5.41) is 6.91. The molecule has 1 aliphatic rings. The van der Waals surface area contributed by atoms with Crippen molar-refractivity contribution in [1.82, 2.24) is 19.4 Å². The maximum absolute atomic E-state index is 12.7. The van der Waals surface area contributed by atoms with Gasteiger partial charge in [-0.1, -0.05) is 18.5 Å². The Balaban J connectivity index is 1.41. The van der Waals surface area contributed by atoms with Crippen LogP contribution in [0.5, 0.6) is 0 Å². The molecular formula is C24H29ClN6O. The van der Waals surface area contributed by atoms with Gasteiger partial charge in [-0.25, -0.2) is 9.97 Å². The summed E-state index contributed by atoms with van der Waals surface area (Å²) >= 11 is 6.39. The highest BCUT2D eigenvalue weighted by molar-refractivity contribution is 6.33. The number of likely N-dealkylation sites (tertiary alicyclic amines) is 1. The number of amides is 1. The van der Waals surface area contributed by atoms with Gasteiger partial charge < -0.3 is 15.2 Å². The highest BCUT2D eigenvalue weighted by Gasteiger charge is 2.22. The molecule has 2 aromatic heterocycles. The van der Waals surface area contributed by atoms with Crippen LogP contribution in [0.1, 0.15) is 35.8 Å². The monoisotopic (exact) mass is 452 g/mol. The molecule has 1 fully saturated rings. The number of aromatic nitrogens is 3. The number of carbonyl (C=O) groups is 1. The molecule has 4 rings (SSSR count). The second kappa shape index (κ2) is 9.71. The quantitative estimate of drug-likeness (QED) is 0.548. The lowest BCUT2D eigenvalue weighted by Gasteiger charge is -2.23. The largest absolute Gasteiger partial charge is 0.369 e. The first kappa shape index (κ1) is 22.3. The fourth-order valence-electron chi connectivity index (χ4n) is 4.12. The van der Waals surface area contributed by atoms with Gasteiger partial charge in [-0.15, -0.1) is 0 Å². The number of nitrogens with zero attached hydrogens (tertiary/aromatic N) is 4.